The van der Waals surface area contributed by atoms with Crippen molar-refractivity contribution in [3.8, 4) is 0 Å². The van der Waals surface area contributed by atoms with E-state index in [0.29, 0.717) is 12.8 Å². The second-order valence-corrected chi connectivity index (χ2v) is 7.68. The number of carbonyl (C=O) groups is 2. The second kappa shape index (κ2) is 24.2. The molecule has 0 aliphatic carbocycles. The number of rotatable bonds is 20. The van der Waals surface area contributed by atoms with Gasteiger partial charge in [0.05, 0.1) is 6.61 Å². The number of hydrogen-bond donors (Lipinski definition) is 1. The van der Waals surface area contributed by atoms with Crippen LogP contribution in [0.15, 0.2) is 60.8 Å². The van der Waals surface area contributed by atoms with Crippen molar-refractivity contribution in [3.05, 3.63) is 60.8 Å². The molecular weight excluding hydrogens is 416 g/mol. The number of ether oxygens (including phenoxy) is 2. The zero-order valence-corrected chi connectivity index (χ0v) is 20.6. The van der Waals surface area contributed by atoms with Crippen LogP contribution in [0, 0.1) is 0 Å². The lowest BCUT2D eigenvalue weighted by Gasteiger charge is -2.15. The largest absolute Gasteiger partial charge is 0.462 e. The molecule has 0 aliphatic heterocycles. The molecule has 5 nitrogen and oxygen atoms in total. The number of carbonyl (C=O) groups excluding carboxylic acids is 2. The molecule has 0 amide bonds. The lowest BCUT2D eigenvalue weighted by atomic mass is 10.2. The molecule has 0 fully saturated rings. The van der Waals surface area contributed by atoms with Crippen LogP contribution in [0.5, 0.6) is 0 Å². The number of esters is 2. The Morgan fingerprint density at radius 2 is 1.24 bits per heavy atom. The fourth-order valence-electron chi connectivity index (χ4n) is 2.68. The Morgan fingerprint density at radius 1 is 0.727 bits per heavy atom. The van der Waals surface area contributed by atoms with Gasteiger partial charge in [0.2, 0.25) is 0 Å². The predicted molar refractivity (Wildman–Crippen MR) is 136 cm³/mol. The molecule has 0 saturated heterocycles. The van der Waals surface area contributed by atoms with E-state index < -0.39 is 6.10 Å². The number of unbranched alkanes of at least 4 members (excludes halogenated alkanes) is 2. The van der Waals surface area contributed by atoms with Crippen LogP contribution in [0.25, 0.3) is 0 Å². The smallest absolute Gasteiger partial charge is 0.306 e. The molecular formula is C28H44O5. The van der Waals surface area contributed by atoms with Crippen LogP contribution in [0.1, 0.15) is 84.5 Å². The fourth-order valence-corrected chi connectivity index (χ4v) is 2.68. The molecule has 33 heavy (non-hydrogen) atoms. The van der Waals surface area contributed by atoms with Gasteiger partial charge in [-0.1, -0.05) is 81.0 Å². The van der Waals surface area contributed by atoms with E-state index in [4.69, 9.17) is 9.47 Å². The Labute approximate surface area is 200 Å². The van der Waals surface area contributed by atoms with Gasteiger partial charge in [-0.25, -0.2) is 0 Å². The van der Waals surface area contributed by atoms with Crippen LogP contribution in [-0.4, -0.2) is 36.4 Å². The fraction of sp³-hybridized carbons (Fsp3) is 0.571. The molecule has 186 valence electrons. The molecule has 0 aromatic heterocycles. The van der Waals surface area contributed by atoms with Gasteiger partial charge in [0.25, 0.3) is 0 Å². The maximum absolute atomic E-state index is 11.9. The van der Waals surface area contributed by atoms with Crippen molar-refractivity contribution in [2.24, 2.45) is 0 Å². The van der Waals surface area contributed by atoms with Gasteiger partial charge < -0.3 is 14.6 Å². The average molecular weight is 461 g/mol. The zero-order chi connectivity index (χ0) is 24.4. The summed E-state index contributed by atoms with van der Waals surface area (Å²) in [5.41, 5.74) is 0. The molecule has 1 atom stereocenters. The summed E-state index contributed by atoms with van der Waals surface area (Å²) in [6.45, 7) is 3.67. The topological polar surface area (TPSA) is 72.8 Å². The Kier molecular flexibility index (Phi) is 22.5. The summed E-state index contributed by atoms with van der Waals surface area (Å²) >= 11 is 0. The summed E-state index contributed by atoms with van der Waals surface area (Å²) in [6, 6.07) is 0. The Bertz CT molecular complexity index is 628. The normalized spacial score (nSPS) is 13.2. The molecule has 0 spiro atoms. The van der Waals surface area contributed by atoms with E-state index in [1.807, 2.05) is 6.92 Å². The number of allylic oxidation sites excluding steroid dienone is 10. The first-order valence-electron chi connectivity index (χ1n) is 12.3. The van der Waals surface area contributed by atoms with Gasteiger partial charge in [-0.15, -0.1) is 0 Å². The highest BCUT2D eigenvalue weighted by molar-refractivity contribution is 5.70. The minimum Gasteiger partial charge on any atom is -0.462 e. The van der Waals surface area contributed by atoms with Crippen molar-refractivity contribution in [2.45, 2.75) is 90.6 Å². The van der Waals surface area contributed by atoms with E-state index in [1.165, 1.54) is 0 Å². The van der Waals surface area contributed by atoms with Crippen LogP contribution < -0.4 is 0 Å². The summed E-state index contributed by atoms with van der Waals surface area (Å²) < 4.78 is 10.2. The van der Waals surface area contributed by atoms with E-state index >= 15 is 0 Å². The number of aliphatic hydroxyl groups is 1. The minimum absolute atomic E-state index is 0.0977. The first kappa shape index (κ1) is 30.6. The Morgan fingerprint density at radius 3 is 1.76 bits per heavy atom. The molecule has 0 bridgehead atoms. The quantitative estimate of drug-likeness (QED) is 0.127. The highest BCUT2D eigenvalue weighted by Gasteiger charge is 2.15. The van der Waals surface area contributed by atoms with E-state index in [0.717, 1.165) is 51.4 Å². The molecule has 1 unspecified atom stereocenters. The molecule has 0 aliphatic rings. The van der Waals surface area contributed by atoms with Gasteiger partial charge in [-0.2, -0.15) is 0 Å². The summed E-state index contributed by atoms with van der Waals surface area (Å²) in [5.74, 6) is -0.712. The van der Waals surface area contributed by atoms with E-state index in [9.17, 15) is 14.7 Å². The highest BCUT2D eigenvalue weighted by atomic mass is 16.6. The third-order valence-corrected chi connectivity index (χ3v) is 4.58. The first-order chi connectivity index (χ1) is 16.1. The monoisotopic (exact) mass is 460 g/mol. The van der Waals surface area contributed by atoms with Crippen LogP contribution in [0.3, 0.4) is 0 Å². The second-order valence-electron chi connectivity index (χ2n) is 7.68. The number of hydrogen-bond acceptors (Lipinski definition) is 5. The molecule has 1 N–H and O–H groups in total. The summed E-state index contributed by atoms with van der Waals surface area (Å²) in [6.07, 6.45) is 29.4. The van der Waals surface area contributed by atoms with Crippen molar-refractivity contribution >= 4 is 11.9 Å². The van der Waals surface area contributed by atoms with Gasteiger partial charge in [-0.3, -0.25) is 9.59 Å². The van der Waals surface area contributed by atoms with Crippen LogP contribution in [-0.2, 0) is 19.1 Å². The van der Waals surface area contributed by atoms with Crippen molar-refractivity contribution in [1.82, 2.24) is 0 Å². The van der Waals surface area contributed by atoms with E-state index in [1.54, 1.807) is 0 Å². The zero-order valence-electron chi connectivity index (χ0n) is 20.6. The van der Waals surface area contributed by atoms with Crippen molar-refractivity contribution < 1.29 is 24.2 Å². The molecule has 0 aromatic carbocycles. The summed E-state index contributed by atoms with van der Waals surface area (Å²) in [7, 11) is 0. The molecule has 0 radical (unpaired) electrons. The maximum Gasteiger partial charge on any atom is 0.306 e. The van der Waals surface area contributed by atoms with Gasteiger partial charge in [0.15, 0.2) is 6.10 Å². The first-order valence-corrected chi connectivity index (χ1v) is 12.3. The molecule has 0 saturated carbocycles. The third kappa shape index (κ3) is 22.6. The highest BCUT2D eigenvalue weighted by Crippen LogP contribution is 2.04. The van der Waals surface area contributed by atoms with E-state index in [-0.39, 0.29) is 31.6 Å². The van der Waals surface area contributed by atoms with Crippen LogP contribution in [0.2, 0.25) is 0 Å². The van der Waals surface area contributed by atoms with Gasteiger partial charge in [-0.05, 0) is 51.4 Å². The van der Waals surface area contributed by atoms with Gasteiger partial charge in [0, 0.05) is 12.8 Å². The standard InChI is InChI=1S/C28H44O5/c1-3-5-7-8-9-10-11-12-13-14-15-16-17-18-19-20-21-23-28(31)33-26(24-29)25-32-27(30)22-6-4-2/h5,7,9-10,12-13,15-16,18-19,26,29H,3-4,6,8,11,14,17,20-25H2,1-2H3/b7-5-,10-9-,13-12-,16-15-,19-18-. The third-order valence-electron chi connectivity index (χ3n) is 4.58. The Balaban J connectivity index is 3.76. The summed E-state index contributed by atoms with van der Waals surface area (Å²) in [5, 5.41) is 9.29. The lowest BCUT2D eigenvalue weighted by Crippen LogP contribution is -2.28. The van der Waals surface area contributed by atoms with Gasteiger partial charge in [0.1, 0.15) is 6.61 Å². The molecule has 5 heteroatoms. The van der Waals surface area contributed by atoms with Crippen LogP contribution >= 0.6 is 0 Å². The SMILES string of the molecule is CC/C=C\C/C=C\C/C=C\C/C=C\C/C=C\CCCC(=O)OC(CO)COC(=O)CCCC. The van der Waals surface area contributed by atoms with E-state index in [2.05, 4.69) is 67.7 Å². The van der Waals surface area contributed by atoms with Crippen molar-refractivity contribution in [3.63, 3.8) is 0 Å². The number of aliphatic hydroxyl groups excluding tert-OH is 1. The maximum atomic E-state index is 11.9. The van der Waals surface area contributed by atoms with Crippen molar-refractivity contribution in [1.29, 1.82) is 0 Å². The molecule has 0 rings (SSSR count). The minimum atomic E-state index is -0.795. The Hall–Kier alpha value is -2.40. The van der Waals surface area contributed by atoms with Gasteiger partial charge >= 0.3 is 11.9 Å². The van der Waals surface area contributed by atoms with Crippen molar-refractivity contribution in [2.75, 3.05) is 13.2 Å². The summed E-state index contributed by atoms with van der Waals surface area (Å²) in [4.78, 5) is 23.4. The average Bonchev–Trinajstić information content (AvgIpc) is 2.82. The van der Waals surface area contributed by atoms with Crippen LogP contribution in [0.4, 0.5) is 0 Å². The lowest BCUT2D eigenvalue weighted by molar-refractivity contribution is -0.161. The molecule has 0 aromatic rings. The predicted octanol–water partition coefficient (Wildman–Crippen LogP) is 6.55. The molecule has 0 heterocycles.